The molecule has 4 rings (SSSR count). The Morgan fingerprint density at radius 3 is 2.69 bits per heavy atom. The van der Waals surface area contributed by atoms with Crippen molar-refractivity contribution in [3.63, 3.8) is 0 Å². The van der Waals surface area contributed by atoms with Crippen molar-refractivity contribution in [1.82, 2.24) is 14.2 Å². The molecule has 2 aliphatic rings. The summed E-state index contributed by atoms with van der Waals surface area (Å²) < 4.78 is 32.0. The van der Waals surface area contributed by atoms with Gasteiger partial charge in [0, 0.05) is 32.7 Å². The van der Waals surface area contributed by atoms with E-state index in [9.17, 15) is 13.2 Å². The largest absolute Gasteiger partial charge is 0.492 e. The number of sulfonamides is 1. The van der Waals surface area contributed by atoms with E-state index in [1.807, 2.05) is 25.1 Å². The number of carbonyl (C=O) groups excluding carboxylic acids is 1. The highest BCUT2D eigenvalue weighted by molar-refractivity contribution is 7.88. The minimum atomic E-state index is -3.36. The van der Waals surface area contributed by atoms with Gasteiger partial charge < -0.3 is 14.5 Å². The second kappa shape index (κ2) is 8.08. The first-order chi connectivity index (χ1) is 13.9. The monoisotopic (exact) mass is 438 g/mol. The Balaban J connectivity index is 1.44. The molecule has 0 bridgehead atoms. The number of thiazole rings is 1. The molecule has 8 nitrogen and oxygen atoms in total. The summed E-state index contributed by atoms with van der Waals surface area (Å²) in [6.07, 6.45) is 2.52. The quantitative estimate of drug-likeness (QED) is 0.708. The topological polar surface area (TPSA) is 83.0 Å². The summed E-state index contributed by atoms with van der Waals surface area (Å²) in [5, 5.41) is 0.929. The number of para-hydroxylation sites is 1. The zero-order chi connectivity index (χ0) is 20.6. The second-order valence-corrected chi connectivity index (χ2v) is 10.3. The Hall–Kier alpha value is -1.91. The molecule has 29 heavy (non-hydrogen) atoms. The summed E-state index contributed by atoms with van der Waals surface area (Å²) in [6, 6.07) is 5.40. The molecule has 3 heterocycles. The third kappa shape index (κ3) is 4.06. The molecule has 10 heteroatoms. The zero-order valence-electron chi connectivity index (χ0n) is 16.7. The molecular weight excluding hydrogens is 412 g/mol. The van der Waals surface area contributed by atoms with E-state index in [0.29, 0.717) is 45.8 Å². The van der Waals surface area contributed by atoms with Gasteiger partial charge >= 0.3 is 0 Å². The number of aromatic nitrogens is 1. The molecule has 2 aromatic rings. The average molecular weight is 439 g/mol. The van der Waals surface area contributed by atoms with Crippen molar-refractivity contribution >= 4 is 42.6 Å². The van der Waals surface area contributed by atoms with Gasteiger partial charge in [0.1, 0.15) is 17.3 Å². The lowest BCUT2D eigenvalue weighted by molar-refractivity contribution is -0.134. The van der Waals surface area contributed by atoms with Gasteiger partial charge in [-0.05, 0) is 31.9 Å². The first-order valence-corrected chi connectivity index (χ1v) is 12.6. The summed E-state index contributed by atoms with van der Waals surface area (Å²) in [5.74, 6) is 0.721. The van der Waals surface area contributed by atoms with Gasteiger partial charge in [-0.25, -0.2) is 13.4 Å². The number of benzene rings is 1. The molecule has 1 aromatic carbocycles. The first-order valence-electron chi connectivity index (χ1n) is 9.91. The van der Waals surface area contributed by atoms with Crippen LogP contribution in [0.5, 0.6) is 5.75 Å². The van der Waals surface area contributed by atoms with Gasteiger partial charge in [-0.2, -0.15) is 4.31 Å². The van der Waals surface area contributed by atoms with Gasteiger partial charge in [0.15, 0.2) is 5.13 Å². The van der Waals surface area contributed by atoms with Crippen LogP contribution < -0.4 is 9.64 Å². The first kappa shape index (κ1) is 20.4. The summed E-state index contributed by atoms with van der Waals surface area (Å²) in [5.41, 5.74) is 0.877. The number of rotatable bonds is 5. The van der Waals surface area contributed by atoms with Crippen molar-refractivity contribution in [1.29, 1.82) is 0 Å². The maximum absolute atomic E-state index is 12.9. The summed E-state index contributed by atoms with van der Waals surface area (Å²) in [7, 11) is -3.36. The van der Waals surface area contributed by atoms with Crippen LogP contribution in [0.4, 0.5) is 5.13 Å². The van der Waals surface area contributed by atoms with E-state index in [2.05, 4.69) is 4.90 Å². The number of nitrogens with zero attached hydrogens (tertiary/aromatic N) is 4. The van der Waals surface area contributed by atoms with Crippen molar-refractivity contribution in [3.05, 3.63) is 18.2 Å². The predicted molar refractivity (Wildman–Crippen MR) is 114 cm³/mol. The minimum absolute atomic E-state index is 0.0736. The van der Waals surface area contributed by atoms with Crippen LogP contribution in [0, 0.1) is 0 Å². The molecule has 2 fully saturated rings. The van der Waals surface area contributed by atoms with Crippen molar-refractivity contribution in [3.8, 4) is 5.75 Å². The van der Waals surface area contributed by atoms with Crippen LogP contribution >= 0.6 is 11.3 Å². The van der Waals surface area contributed by atoms with E-state index in [-0.39, 0.29) is 5.91 Å². The van der Waals surface area contributed by atoms with Gasteiger partial charge in [-0.15, -0.1) is 0 Å². The third-order valence-electron chi connectivity index (χ3n) is 5.45. The van der Waals surface area contributed by atoms with Gasteiger partial charge in [-0.1, -0.05) is 17.4 Å². The highest BCUT2D eigenvalue weighted by atomic mass is 32.2. The van der Waals surface area contributed by atoms with Gasteiger partial charge in [0.25, 0.3) is 0 Å². The number of hydrogen-bond donors (Lipinski definition) is 0. The fourth-order valence-corrected chi connectivity index (χ4v) is 6.18. The number of amides is 1. The maximum atomic E-state index is 12.9. The standard InChI is InChI=1S/C19H26N4O4S2/c1-3-27-15-7-4-8-16-17(15)20-19(28-16)22-12-10-21(11-13-22)18(24)14-6-5-9-23(14)29(2,25)26/h4,7-8,14H,3,5-6,9-13H2,1-2H3. The van der Waals surface area contributed by atoms with E-state index in [0.717, 1.165) is 27.5 Å². The lowest BCUT2D eigenvalue weighted by Gasteiger charge is -2.36. The van der Waals surface area contributed by atoms with E-state index in [1.165, 1.54) is 10.6 Å². The maximum Gasteiger partial charge on any atom is 0.241 e. The molecule has 0 aliphatic carbocycles. The minimum Gasteiger partial charge on any atom is -0.492 e. The van der Waals surface area contributed by atoms with Gasteiger partial charge in [-0.3, -0.25) is 4.79 Å². The summed E-state index contributed by atoms with van der Waals surface area (Å²) in [6.45, 7) is 5.49. The molecule has 2 aliphatic heterocycles. The fraction of sp³-hybridized carbons (Fsp3) is 0.579. The average Bonchev–Trinajstić information content (AvgIpc) is 3.35. The van der Waals surface area contributed by atoms with Crippen LogP contribution in [0.25, 0.3) is 10.2 Å². The molecule has 1 unspecified atom stereocenters. The second-order valence-electron chi connectivity index (χ2n) is 7.38. The van der Waals surface area contributed by atoms with Crippen molar-refractivity contribution in [2.75, 3.05) is 50.5 Å². The van der Waals surface area contributed by atoms with Crippen molar-refractivity contribution < 1.29 is 17.9 Å². The van der Waals surface area contributed by atoms with Crippen LogP contribution in [-0.4, -0.2) is 80.1 Å². The van der Waals surface area contributed by atoms with E-state index in [4.69, 9.17) is 9.72 Å². The molecule has 0 saturated carbocycles. The molecule has 0 radical (unpaired) electrons. The smallest absolute Gasteiger partial charge is 0.241 e. The number of ether oxygens (including phenoxy) is 1. The Kier molecular flexibility index (Phi) is 5.67. The fourth-order valence-electron chi connectivity index (χ4n) is 4.03. The Bertz CT molecular complexity index is 999. The normalized spacial score (nSPS) is 21.1. The number of carbonyl (C=O) groups is 1. The molecule has 1 atom stereocenters. The van der Waals surface area contributed by atoms with Crippen LogP contribution in [0.1, 0.15) is 19.8 Å². The number of fused-ring (bicyclic) bond motifs is 1. The number of piperazine rings is 1. The Morgan fingerprint density at radius 2 is 2.00 bits per heavy atom. The molecule has 1 aromatic heterocycles. The Morgan fingerprint density at radius 1 is 1.24 bits per heavy atom. The number of hydrogen-bond acceptors (Lipinski definition) is 7. The van der Waals surface area contributed by atoms with Crippen LogP contribution in [0.15, 0.2) is 18.2 Å². The van der Waals surface area contributed by atoms with E-state index in [1.54, 1.807) is 16.2 Å². The molecule has 158 valence electrons. The number of anilines is 1. The van der Waals surface area contributed by atoms with Gasteiger partial charge in [0.05, 0.1) is 17.6 Å². The molecule has 0 N–H and O–H groups in total. The Labute approximate surface area is 175 Å². The molecular formula is C19H26N4O4S2. The van der Waals surface area contributed by atoms with Crippen molar-refractivity contribution in [2.45, 2.75) is 25.8 Å². The van der Waals surface area contributed by atoms with Crippen molar-refractivity contribution in [2.24, 2.45) is 0 Å². The van der Waals surface area contributed by atoms with Crippen LogP contribution in [-0.2, 0) is 14.8 Å². The summed E-state index contributed by atoms with van der Waals surface area (Å²) in [4.78, 5) is 21.7. The van der Waals surface area contributed by atoms with E-state index >= 15 is 0 Å². The van der Waals surface area contributed by atoms with Crippen LogP contribution in [0.2, 0.25) is 0 Å². The lowest BCUT2D eigenvalue weighted by Crippen LogP contribution is -2.54. The highest BCUT2D eigenvalue weighted by Crippen LogP contribution is 2.34. The molecule has 0 spiro atoms. The predicted octanol–water partition coefficient (Wildman–Crippen LogP) is 1.77. The van der Waals surface area contributed by atoms with Crippen LogP contribution in [0.3, 0.4) is 0 Å². The molecule has 2 saturated heterocycles. The third-order valence-corrected chi connectivity index (χ3v) is 7.82. The SMILES string of the molecule is CCOc1cccc2sc(N3CCN(C(=O)C4CCCN4S(C)(=O)=O)CC3)nc12. The lowest BCUT2D eigenvalue weighted by atomic mass is 10.2. The zero-order valence-corrected chi connectivity index (χ0v) is 18.3. The molecule has 1 amide bonds. The van der Waals surface area contributed by atoms with Gasteiger partial charge in [0.2, 0.25) is 15.9 Å². The summed E-state index contributed by atoms with van der Waals surface area (Å²) >= 11 is 1.63. The highest BCUT2D eigenvalue weighted by Gasteiger charge is 2.39. The van der Waals surface area contributed by atoms with E-state index < -0.39 is 16.1 Å².